The highest BCUT2D eigenvalue weighted by Crippen LogP contribution is 2.44. The Morgan fingerprint density at radius 2 is 1.44 bits per heavy atom. The fraction of sp³-hybridized carbons (Fsp3) is 0.464. The second-order valence-corrected chi connectivity index (χ2v) is 10.3. The molecule has 8 nitrogen and oxygen atoms in total. The second kappa shape index (κ2) is 11.5. The molecule has 194 valence electrons. The lowest BCUT2D eigenvalue weighted by molar-refractivity contribution is -0.143. The topological polar surface area (TPSA) is 103 Å². The van der Waals surface area contributed by atoms with E-state index < -0.39 is 35.8 Å². The Labute approximate surface area is 212 Å². The molecule has 2 N–H and O–H groups in total. The van der Waals surface area contributed by atoms with Crippen LogP contribution in [0, 0.1) is 5.92 Å². The van der Waals surface area contributed by atoms with E-state index in [1.807, 2.05) is 50.2 Å². The summed E-state index contributed by atoms with van der Waals surface area (Å²) < 4.78 is 15.8. The molecular formula is C28H36N2O6. The number of ether oxygens (including phenoxy) is 3. The molecule has 2 aromatic rings. The third-order valence-electron chi connectivity index (χ3n) is 6.12. The van der Waals surface area contributed by atoms with E-state index in [4.69, 9.17) is 14.2 Å². The molecule has 2 atom stereocenters. The summed E-state index contributed by atoms with van der Waals surface area (Å²) in [6.45, 7) is 9.25. The molecular weight excluding hydrogens is 460 g/mol. The Morgan fingerprint density at radius 3 is 1.94 bits per heavy atom. The molecule has 0 spiro atoms. The third-order valence-corrected chi connectivity index (χ3v) is 6.12. The van der Waals surface area contributed by atoms with Crippen LogP contribution in [0.2, 0.25) is 0 Å². The normalized spacial score (nSPS) is 14.3. The van der Waals surface area contributed by atoms with E-state index in [1.54, 1.807) is 20.8 Å². The molecule has 0 fully saturated rings. The number of benzene rings is 2. The average Bonchev–Trinajstić information content (AvgIpc) is 3.13. The van der Waals surface area contributed by atoms with Gasteiger partial charge >= 0.3 is 18.2 Å². The molecule has 0 bridgehead atoms. The molecule has 36 heavy (non-hydrogen) atoms. The first kappa shape index (κ1) is 27.0. The van der Waals surface area contributed by atoms with Gasteiger partial charge in [-0.2, -0.15) is 0 Å². The Morgan fingerprint density at radius 1 is 0.889 bits per heavy atom. The Hall–Kier alpha value is -3.55. The number of nitrogens with one attached hydrogen (secondary N) is 2. The summed E-state index contributed by atoms with van der Waals surface area (Å²) in [5.74, 6) is -0.758. The van der Waals surface area contributed by atoms with Gasteiger partial charge in [0.2, 0.25) is 0 Å². The van der Waals surface area contributed by atoms with Crippen LogP contribution in [0.3, 0.4) is 0 Å². The maximum atomic E-state index is 12.8. The van der Waals surface area contributed by atoms with Gasteiger partial charge in [0.1, 0.15) is 18.2 Å². The number of hydrogen-bond donors (Lipinski definition) is 2. The van der Waals surface area contributed by atoms with Crippen molar-refractivity contribution in [3.63, 3.8) is 0 Å². The highest BCUT2D eigenvalue weighted by atomic mass is 16.6. The number of methoxy groups -OCH3 is 1. The molecule has 8 heteroatoms. The zero-order valence-corrected chi connectivity index (χ0v) is 21.8. The molecule has 0 aliphatic heterocycles. The molecule has 1 aliphatic carbocycles. The quantitative estimate of drug-likeness (QED) is 0.394. The summed E-state index contributed by atoms with van der Waals surface area (Å²) >= 11 is 0. The van der Waals surface area contributed by atoms with Crippen molar-refractivity contribution in [3.05, 3.63) is 59.7 Å². The summed E-state index contributed by atoms with van der Waals surface area (Å²) in [7, 11) is 1.25. The van der Waals surface area contributed by atoms with E-state index >= 15 is 0 Å². The molecule has 2 amide bonds. The van der Waals surface area contributed by atoms with E-state index in [0.717, 1.165) is 22.3 Å². The van der Waals surface area contributed by atoms with E-state index in [1.165, 1.54) is 7.11 Å². The first-order chi connectivity index (χ1) is 17.0. The van der Waals surface area contributed by atoms with Gasteiger partial charge in [-0.25, -0.2) is 14.4 Å². The largest absolute Gasteiger partial charge is 0.467 e. The molecule has 2 unspecified atom stereocenters. The van der Waals surface area contributed by atoms with E-state index in [2.05, 4.69) is 22.8 Å². The van der Waals surface area contributed by atoms with Gasteiger partial charge in [0.15, 0.2) is 0 Å². The van der Waals surface area contributed by atoms with Crippen LogP contribution >= 0.6 is 0 Å². The zero-order valence-electron chi connectivity index (χ0n) is 21.8. The highest BCUT2D eigenvalue weighted by Gasteiger charge is 2.32. The fourth-order valence-electron chi connectivity index (χ4n) is 4.35. The summed E-state index contributed by atoms with van der Waals surface area (Å²) in [6, 6.07) is 14.7. The van der Waals surface area contributed by atoms with Crippen LogP contribution in [-0.2, 0) is 19.0 Å². The van der Waals surface area contributed by atoms with Gasteiger partial charge in [0.25, 0.3) is 0 Å². The van der Waals surface area contributed by atoms with Gasteiger partial charge in [0.05, 0.1) is 7.11 Å². The number of fused-ring (bicyclic) bond motifs is 3. The van der Waals surface area contributed by atoms with Crippen molar-refractivity contribution < 1.29 is 28.6 Å². The molecule has 3 rings (SSSR count). The van der Waals surface area contributed by atoms with Gasteiger partial charge in [-0.1, -0.05) is 62.4 Å². The molecule has 0 saturated carbocycles. The minimum atomic E-state index is -1.01. The van der Waals surface area contributed by atoms with Crippen molar-refractivity contribution in [2.75, 3.05) is 13.7 Å². The van der Waals surface area contributed by atoms with Gasteiger partial charge in [-0.3, -0.25) is 0 Å². The number of rotatable bonds is 8. The third kappa shape index (κ3) is 6.77. The molecule has 2 aromatic carbocycles. The molecule has 1 aliphatic rings. The summed E-state index contributed by atoms with van der Waals surface area (Å²) in [6.07, 6.45) is -1.20. The molecule has 0 heterocycles. The monoisotopic (exact) mass is 496 g/mol. The predicted octanol–water partition coefficient (Wildman–Crippen LogP) is 5.01. The van der Waals surface area contributed by atoms with Crippen molar-refractivity contribution in [3.8, 4) is 11.1 Å². The van der Waals surface area contributed by atoms with E-state index in [9.17, 15) is 14.4 Å². The van der Waals surface area contributed by atoms with Crippen LogP contribution in [0.15, 0.2) is 48.5 Å². The van der Waals surface area contributed by atoms with Crippen LogP contribution in [0.4, 0.5) is 9.59 Å². The van der Waals surface area contributed by atoms with Crippen molar-refractivity contribution >= 4 is 18.2 Å². The second-order valence-electron chi connectivity index (χ2n) is 10.3. The smallest absolute Gasteiger partial charge is 0.407 e. The molecule has 0 radical (unpaired) electrons. The first-order valence-electron chi connectivity index (χ1n) is 12.2. The lowest BCUT2D eigenvalue weighted by atomic mass is 9.96. The predicted molar refractivity (Wildman–Crippen MR) is 137 cm³/mol. The van der Waals surface area contributed by atoms with Gasteiger partial charge in [-0.15, -0.1) is 0 Å². The number of esters is 1. The fourth-order valence-corrected chi connectivity index (χ4v) is 4.35. The van der Waals surface area contributed by atoms with Crippen LogP contribution in [0.1, 0.15) is 58.1 Å². The zero-order chi connectivity index (χ0) is 26.5. The highest BCUT2D eigenvalue weighted by molar-refractivity contribution is 5.82. The maximum absolute atomic E-state index is 12.8. The minimum Gasteiger partial charge on any atom is -0.467 e. The van der Waals surface area contributed by atoms with Crippen molar-refractivity contribution in [1.29, 1.82) is 0 Å². The molecule has 0 saturated heterocycles. The van der Waals surface area contributed by atoms with Crippen LogP contribution in [0.25, 0.3) is 11.1 Å². The Kier molecular flexibility index (Phi) is 8.61. The number of carbonyl (C=O) groups excluding carboxylic acids is 3. The summed E-state index contributed by atoms with van der Waals surface area (Å²) in [4.78, 5) is 37.5. The number of carbonyl (C=O) groups is 3. The average molecular weight is 497 g/mol. The molecule has 0 aromatic heterocycles. The van der Waals surface area contributed by atoms with Gasteiger partial charge in [-0.05, 0) is 55.4 Å². The lowest BCUT2D eigenvalue weighted by Gasteiger charge is -2.28. The first-order valence-corrected chi connectivity index (χ1v) is 12.2. The number of alkyl carbamates (subject to hydrolysis) is 2. The lowest BCUT2D eigenvalue weighted by Crippen LogP contribution is -2.49. The van der Waals surface area contributed by atoms with Crippen molar-refractivity contribution in [1.82, 2.24) is 10.6 Å². The van der Waals surface area contributed by atoms with Crippen LogP contribution < -0.4 is 10.6 Å². The number of amides is 2. The SMILES string of the molecule is COC(=O)C(CC(NC(=O)OC(C)(C)C)C(C)C)NC(=O)OCC1c2ccccc2-c2ccccc21. The standard InChI is InChI=1S/C28H36N2O6/c1-17(2)23(29-27(33)36-28(3,4)5)15-24(25(31)34-6)30-26(32)35-16-22-20-13-9-7-11-18(20)19-12-8-10-14-21(19)22/h7-14,17,22-24H,15-16H2,1-6H3,(H,29,33)(H,30,32). The summed E-state index contributed by atoms with van der Waals surface area (Å²) in [5.41, 5.74) is 3.78. The van der Waals surface area contributed by atoms with Crippen LogP contribution in [-0.4, -0.2) is 49.6 Å². The van der Waals surface area contributed by atoms with E-state index in [0.29, 0.717) is 0 Å². The Balaban J connectivity index is 1.66. The van der Waals surface area contributed by atoms with Crippen LogP contribution in [0.5, 0.6) is 0 Å². The van der Waals surface area contributed by atoms with Crippen molar-refractivity contribution in [2.24, 2.45) is 5.92 Å². The maximum Gasteiger partial charge on any atom is 0.407 e. The van der Waals surface area contributed by atoms with Gasteiger partial charge in [0, 0.05) is 12.0 Å². The number of hydrogen-bond acceptors (Lipinski definition) is 6. The summed E-state index contributed by atoms with van der Waals surface area (Å²) in [5, 5.41) is 5.41. The van der Waals surface area contributed by atoms with Gasteiger partial charge < -0.3 is 24.8 Å². The minimum absolute atomic E-state index is 0.0333. The van der Waals surface area contributed by atoms with E-state index in [-0.39, 0.29) is 24.9 Å². The van der Waals surface area contributed by atoms with Crippen molar-refractivity contribution in [2.45, 2.75) is 64.6 Å². The Bertz CT molecular complexity index is 1050.